The molecule has 116 valence electrons. The highest BCUT2D eigenvalue weighted by Gasteiger charge is 2.41. The summed E-state index contributed by atoms with van der Waals surface area (Å²) in [6.45, 7) is 2.25. The van der Waals surface area contributed by atoms with Gasteiger partial charge in [0.25, 0.3) is 5.91 Å². The van der Waals surface area contributed by atoms with E-state index in [1.165, 1.54) is 6.07 Å². The summed E-state index contributed by atoms with van der Waals surface area (Å²) in [5, 5.41) is 12.2. The van der Waals surface area contributed by atoms with Crippen LogP contribution in [0.25, 0.3) is 0 Å². The molecule has 4 nitrogen and oxygen atoms in total. The minimum absolute atomic E-state index is 0.123. The number of amides is 1. The number of nitrogens with one attached hydrogen (secondary N) is 1. The number of hydrogen-bond acceptors (Lipinski definition) is 3. The highest BCUT2D eigenvalue weighted by Crippen LogP contribution is 2.39. The van der Waals surface area contributed by atoms with Gasteiger partial charge < -0.3 is 10.4 Å². The molecule has 2 rings (SSSR count). The monoisotopic (exact) mass is 349 g/mol. The van der Waals surface area contributed by atoms with Gasteiger partial charge in [0, 0.05) is 6.54 Å². The van der Waals surface area contributed by atoms with Crippen LogP contribution in [0.5, 0.6) is 0 Å². The van der Waals surface area contributed by atoms with Gasteiger partial charge in [0.05, 0.1) is 15.3 Å². The lowest BCUT2D eigenvalue weighted by Gasteiger charge is -2.35. The van der Waals surface area contributed by atoms with Crippen LogP contribution in [0, 0.1) is 11.3 Å². The summed E-state index contributed by atoms with van der Waals surface area (Å²) in [6.07, 6.45) is 2.91. The smallest absolute Gasteiger partial charge is 0.311 e. The Morgan fingerprint density at radius 2 is 2.05 bits per heavy atom. The number of thiophene rings is 1. The maximum atomic E-state index is 12.1. The van der Waals surface area contributed by atoms with Crippen LogP contribution in [0.2, 0.25) is 8.67 Å². The van der Waals surface area contributed by atoms with Gasteiger partial charge >= 0.3 is 5.97 Å². The Morgan fingerprint density at radius 1 is 1.43 bits per heavy atom. The van der Waals surface area contributed by atoms with E-state index in [-0.39, 0.29) is 12.5 Å². The summed E-state index contributed by atoms with van der Waals surface area (Å²) in [5.41, 5.74) is -0.564. The number of carbonyl (C=O) groups excluding carboxylic acids is 1. The molecule has 0 radical (unpaired) electrons. The minimum atomic E-state index is -0.867. The maximum absolute atomic E-state index is 12.1. The second kappa shape index (κ2) is 6.55. The molecule has 1 aliphatic rings. The second-order valence-electron chi connectivity index (χ2n) is 5.69. The molecule has 0 aliphatic heterocycles. The van der Waals surface area contributed by atoms with Crippen molar-refractivity contribution in [2.45, 2.75) is 32.6 Å². The molecule has 0 bridgehead atoms. The van der Waals surface area contributed by atoms with Crippen molar-refractivity contribution in [3.05, 3.63) is 20.3 Å². The molecule has 1 saturated carbocycles. The van der Waals surface area contributed by atoms with Crippen molar-refractivity contribution in [3.63, 3.8) is 0 Å². The minimum Gasteiger partial charge on any atom is -0.481 e. The van der Waals surface area contributed by atoms with Crippen LogP contribution in [0.3, 0.4) is 0 Å². The molecule has 0 spiro atoms. The Kier molecular flexibility index (Phi) is 5.17. The third-order valence-corrected chi connectivity index (χ3v) is 5.66. The lowest BCUT2D eigenvalue weighted by molar-refractivity contribution is -0.151. The molecular weight excluding hydrogens is 333 g/mol. The number of carboxylic acids is 1. The molecule has 7 heteroatoms. The Balaban J connectivity index is 2.04. The zero-order valence-electron chi connectivity index (χ0n) is 11.6. The SMILES string of the molecule is CC1CCC(CNC(=O)c2cc(Cl)sc2Cl)(C(=O)O)CC1. The van der Waals surface area contributed by atoms with Crippen LogP contribution < -0.4 is 5.32 Å². The van der Waals surface area contributed by atoms with Gasteiger partial charge in [-0.25, -0.2) is 0 Å². The van der Waals surface area contributed by atoms with E-state index >= 15 is 0 Å². The first-order valence-electron chi connectivity index (χ1n) is 6.80. The third-order valence-electron chi connectivity index (χ3n) is 4.17. The van der Waals surface area contributed by atoms with E-state index in [1.54, 1.807) is 0 Å². The Labute approximate surface area is 137 Å². The highest BCUT2D eigenvalue weighted by atomic mass is 35.5. The van der Waals surface area contributed by atoms with Crippen molar-refractivity contribution in [1.29, 1.82) is 0 Å². The van der Waals surface area contributed by atoms with E-state index in [4.69, 9.17) is 23.2 Å². The predicted octanol–water partition coefficient (Wildman–Crippen LogP) is 4.07. The van der Waals surface area contributed by atoms with Crippen LogP contribution in [0.1, 0.15) is 43.0 Å². The molecular formula is C14H17Cl2NO3S. The molecule has 0 saturated heterocycles. The lowest BCUT2D eigenvalue weighted by atomic mass is 9.71. The quantitative estimate of drug-likeness (QED) is 0.860. The van der Waals surface area contributed by atoms with E-state index < -0.39 is 11.4 Å². The summed E-state index contributed by atoms with van der Waals surface area (Å²) < 4.78 is 0.753. The van der Waals surface area contributed by atoms with Crippen molar-refractivity contribution in [2.24, 2.45) is 11.3 Å². The lowest BCUT2D eigenvalue weighted by Crippen LogP contribution is -2.45. The van der Waals surface area contributed by atoms with Gasteiger partial charge in [-0.05, 0) is 37.7 Å². The summed E-state index contributed by atoms with van der Waals surface area (Å²) in [4.78, 5) is 23.7. The molecule has 0 unspecified atom stereocenters. The summed E-state index contributed by atoms with van der Waals surface area (Å²) in [7, 11) is 0. The average Bonchev–Trinajstić information content (AvgIpc) is 2.77. The van der Waals surface area contributed by atoms with E-state index in [1.807, 2.05) is 0 Å². The molecule has 1 aromatic rings. The van der Waals surface area contributed by atoms with E-state index in [9.17, 15) is 14.7 Å². The van der Waals surface area contributed by atoms with Crippen LogP contribution in [-0.4, -0.2) is 23.5 Å². The normalized spacial score (nSPS) is 25.6. The number of carboxylic acid groups (broad SMARTS) is 1. The maximum Gasteiger partial charge on any atom is 0.311 e. The Bertz CT molecular complexity index is 550. The zero-order chi connectivity index (χ0) is 15.6. The van der Waals surface area contributed by atoms with E-state index in [0.717, 1.165) is 24.2 Å². The number of halogens is 2. The molecule has 21 heavy (non-hydrogen) atoms. The summed E-state index contributed by atoms with van der Waals surface area (Å²) in [6, 6.07) is 1.50. The predicted molar refractivity (Wildman–Crippen MR) is 84.4 cm³/mol. The fourth-order valence-corrected chi connectivity index (χ4v) is 4.08. The van der Waals surface area contributed by atoms with Gasteiger partial charge in [-0.1, -0.05) is 30.1 Å². The average molecular weight is 350 g/mol. The number of rotatable bonds is 4. The molecule has 1 heterocycles. The molecule has 0 aromatic carbocycles. The fourth-order valence-electron chi connectivity index (χ4n) is 2.62. The molecule has 1 amide bonds. The molecule has 1 aliphatic carbocycles. The van der Waals surface area contributed by atoms with Gasteiger partial charge in [-0.2, -0.15) is 0 Å². The van der Waals surface area contributed by atoms with Crippen molar-refractivity contribution in [3.8, 4) is 0 Å². The fraction of sp³-hybridized carbons (Fsp3) is 0.571. The van der Waals surface area contributed by atoms with Gasteiger partial charge in [-0.3, -0.25) is 9.59 Å². The number of carbonyl (C=O) groups is 2. The first-order valence-corrected chi connectivity index (χ1v) is 8.38. The summed E-state index contributed by atoms with van der Waals surface area (Å²) in [5.74, 6) is -0.676. The highest BCUT2D eigenvalue weighted by molar-refractivity contribution is 7.20. The van der Waals surface area contributed by atoms with Crippen molar-refractivity contribution < 1.29 is 14.7 Å². The Morgan fingerprint density at radius 3 is 2.52 bits per heavy atom. The van der Waals surface area contributed by atoms with Gasteiger partial charge in [0.15, 0.2) is 0 Å². The molecule has 1 fully saturated rings. The topological polar surface area (TPSA) is 66.4 Å². The summed E-state index contributed by atoms with van der Waals surface area (Å²) >= 11 is 12.9. The van der Waals surface area contributed by atoms with Crippen molar-refractivity contribution >= 4 is 46.4 Å². The third kappa shape index (κ3) is 3.71. The second-order valence-corrected chi connectivity index (χ2v) is 7.97. The molecule has 2 N–H and O–H groups in total. The van der Waals surface area contributed by atoms with Crippen LogP contribution in [0.15, 0.2) is 6.07 Å². The Hall–Kier alpha value is -0.780. The number of hydrogen-bond donors (Lipinski definition) is 2. The van der Waals surface area contributed by atoms with Gasteiger partial charge in [0.2, 0.25) is 0 Å². The first kappa shape index (κ1) is 16.6. The van der Waals surface area contributed by atoms with E-state index in [0.29, 0.717) is 33.0 Å². The van der Waals surface area contributed by atoms with Gasteiger partial charge in [-0.15, -0.1) is 11.3 Å². The number of aliphatic carboxylic acids is 1. The van der Waals surface area contributed by atoms with Crippen molar-refractivity contribution in [2.75, 3.05) is 6.54 Å². The first-order chi connectivity index (χ1) is 9.84. The standard InChI is InChI=1S/C14H17Cl2NO3S/c1-8-2-4-14(5-3-8,13(19)20)7-17-12(18)9-6-10(15)21-11(9)16/h6,8H,2-5,7H2,1H3,(H,17,18)(H,19,20). The van der Waals surface area contributed by atoms with Gasteiger partial charge in [0.1, 0.15) is 4.34 Å². The molecule has 1 aromatic heterocycles. The van der Waals surface area contributed by atoms with Crippen LogP contribution in [-0.2, 0) is 4.79 Å². The molecule has 0 atom stereocenters. The van der Waals surface area contributed by atoms with Crippen LogP contribution in [0.4, 0.5) is 0 Å². The van der Waals surface area contributed by atoms with Crippen molar-refractivity contribution in [1.82, 2.24) is 5.32 Å². The van der Waals surface area contributed by atoms with Crippen LogP contribution >= 0.6 is 34.5 Å². The largest absolute Gasteiger partial charge is 0.481 e. The zero-order valence-corrected chi connectivity index (χ0v) is 13.9. The van der Waals surface area contributed by atoms with E-state index in [2.05, 4.69) is 12.2 Å².